The quantitative estimate of drug-likeness (QED) is 0.0791. The molecule has 5 N–H and O–H groups in total. The van der Waals surface area contributed by atoms with Gasteiger partial charge in [-0.05, 0) is 105 Å². The van der Waals surface area contributed by atoms with Crippen LogP contribution in [0.1, 0.15) is 81.9 Å². The summed E-state index contributed by atoms with van der Waals surface area (Å²) < 4.78 is 45.6. The summed E-state index contributed by atoms with van der Waals surface area (Å²) in [6.07, 6.45) is 12.2. The number of piperidine rings is 3. The van der Waals surface area contributed by atoms with Gasteiger partial charge in [0.2, 0.25) is 17.7 Å². The molecule has 5 atom stereocenters. The van der Waals surface area contributed by atoms with Crippen LogP contribution in [0.5, 0.6) is 11.8 Å². The van der Waals surface area contributed by atoms with Gasteiger partial charge < -0.3 is 50.1 Å². The van der Waals surface area contributed by atoms with Crippen molar-refractivity contribution in [1.82, 2.24) is 35.7 Å². The maximum atomic E-state index is 17.7. The Hall–Kier alpha value is -7.06. The van der Waals surface area contributed by atoms with Gasteiger partial charge in [-0.25, -0.2) is 8.78 Å². The van der Waals surface area contributed by atoms with Gasteiger partial charge in [0.1, 0.15) is 45.8 Å². The van der Waals surface area contributed by atoms with Crippen LogP contribution in [0, 0.1) is 52.7 Å². The summed E-state index contributed by atoms with van der Waals surface area (Å²) in [6, 6.07) is 14.1. The molecule has 7 aliphatic rings. The van der Waals surface area contributed by atoms with Crippen LogP contribution in [0.2, 0.25) is 0 Å². The van der Waals surface area contributed by atoms with E-state index in [-0.39, 0.29) is 92.9 Å². The van der Waals surface area contributed by atoms with Crippen LogP contribution in [0.3, 0.4) is 0 Å². The Morgan fingerprint density at radius 1 is 0.987 bits per heavy atom. The van der Waals surface area contributed by atoms with Crippen LogP contribution in [0.4, 0.5) is 26.0 Å². The number of methoxy groups -OCH3 is 1. The van der Waals surface area contributed by atoms with E-state index in [1.807, 2.05) is 12.1 Å². The molecule has 5 saturated heterocycles. The number of nitriles is 1. The minimum atomic E-state index is -1.29. The van der Waals surface area contributed by atoms with Gasteiger partial charge in [0.25, 0.3) is 0 Å². The number of nitrogens with one attached hydrogen (secondary N) is 4. The fourth-order valence-corrected chi connectivity index (χ4v) is 12.7. The van der Waals surface area contributed by atoms with Crippen LogP contribution >= 0.6 is 0 Å². The van der Waals surface area contributed by atoms with Gasteiger partial charge >= 0.3 is 6.01 Å². The molecule has 6 aliphatic heterocycles. The average Bonchev–Trinajstić information content (AvgIpc) is 4.29. The third-order valence-electron chi connectivity index (χ3n) is 17.0. The highest BCUT2D eigenvalue weighted by atomic mass is 19.1. The van der Waals surface area contributed by atoms with Crippen molar-refractivity contribution < 1.29 is 37.7 Å². The van der Waals surface area contributed by atoms with Crippen molar-refractivity contribution in [2.75, 3.05) is 94.3 Å². The lowest BCUT2D eigenvalue weighted by molar-refractivity contribution is -0.133. The number of terminal acetylenes is 1. The second kappa shape index (κ2) is 21.8. The van der Waals surface area contributed by atoms with Gasteiger partial charge in [-0.1, -0.05) is 18.1 Å². The Labute approximate surface area is 447 Å². The van der Waals surface area contributed by atoms with Crippen LogP contribution in [0.25, 0.3) is 22.5 Å². The minimum Gasteiger partial charge on any atom is -0.508 e. The van der Waals surface area contributed by atoms with E-state index in [9.17, 15) is 24.8 Å². The number of piperazine rings is 2. The van der Waals surface area contributed by atoms with Gasteiger partial charge in [0, 0.05) is 118 Å². The third kappa shape index (κ3) is 11.1. The Kier molecular flexibility index (Phi) is 14.7. The molecule has 1 aliphatic carbocycles. The number of imide groups is 1. The molecule has 17 nitrogen and oxygen atoms in total. The summed E-state index contributed by atoms with van der Waals surface area (Å²) in [5.41, 5.74) is 2.03. The van der Waals surface area contributed by atoms with Crippen LogP contribution < -0.4 is 46.4 Å². The molecule has 404 valence electrons. The number of nitrogens with zero attached hydrogens (tertiary/aromatic N) is 7. The van der Waals surface area contributed by atoms with E-state index in [1.54, 1.807) is 6.92 Å². The first-order valence-corrected chi connectivity index (χ1v) is 27.3. The van der Waals surface area contributed by atoms with Gasteiger partial charge in [-0.15, -0.1) is 6.42 Å². The molecule has 5 unspecified atom stereocenters. The number of carbonyl (C=O) groups is 3. The van der Waals surface area contributed by atoms with Gasteiger partial charge in [-0.3, -0.25) is 19.7 Å². The van der Waals surface area contributed by atoms with Crippen molar-refractivity contribution in [1.29, 1.82) is 5.26 Å². The zero-order valence-corrected chi connectivity index (χ0v) is 43.8. The van der Waals surface area contributed by atoms with Crippen molar-refractivity contribution in [2.24, 2.45) is 23.2 Å². The lowest BCUT2D eigenvalue weighted by atomic mass is 9.80. The SMILES string of the molecule is C#Cc1c(F)ccc2cc(O)cc(C3NC(OC)=c4c(N5CC6CC(C(=O)CC(C)C#N)CC(C5)N6)nc(OCC5(CN6CCN(CC7CCN(c8cccc(NC9CCC(=O)NC9=O)c8)CC7)CC6)CC5)nc4=C3F)c12. The van der Waals surface area contributed by atoms with Crippen LogP contribution in [-0.4, -0.2) is 140 Å². The number of anilines is 3. The maximum absolute atomic E-state index is 17.7. The largest absolute Gasteiger partial charge is 0.508 e. The van der Waals surface area contributed by atoms with E-state index >= 15 is 8.78 Å². The molecule has 0 radical (unpaired) electrons. The number of aromatic nitrogens is 2. The zero-order chi connectivity index (χ0) is 53.5. The molecule has 1 aromatic heterocycles. The summed E-state index contributed by atoms with van der Waals surface area (Å²) >= 11 is 0. The predicted molar refractivity (Wildman–Crippen MR) is 287 cm³/mol. The number of Topliss-reactive ketones (excluding diaryl/α,β-unsaturated/α-hetero) is 1. The number of benzene rings is 3. The first kappa shape index (κ1) is 52.0. The highest BCUT2D eigenvalue weighted by Gasteiger charge is 2.46. The minimum absolute atomic E-state index is 0.0158. The molecule has 4 aromatic rings. The molecule has 2 amide bonds. The molecular weight excluding hydrogens is 985 g/mol. The number of phenols is 1. The molecule has 1 saturated carbocycles. The predicted octanol–water partition coefficient (Wildman–Crippen LogP) is 4.18. The molecule has 3 aromatic carbocycles. The number of rotatable bonds is 16. The molecule has 11 rings (SSSR count). The normalized spacial score (nSPS) is 25.0. The fraction of sp³-hybridized carbons (Fsp3) is 0.517. The molecule has 19 heteroatoms. The van der Waals surface area contributed by atoms with E-state index in [2.05, 4.69) is 65.0 Å². The Bertz CT molecular complexity index is 3170. The molecule has 2 bridgehead atoms. The van der Waals surface area contributed by atoms with Crippen molar-refractivity contribution in [3.8, 4) is 30.2 Å². The number of aromatic hydroxyl groups is 1. The number of ether oxygens (including phenoxy) is 2. The number of hydrogen-bond donors (Lipinski definition) is 5. The second-order valence-corrected chi connectivity index (χ2v) is 22.5. The summed E-state index contributed by atoms with van der Waals surface area (Å²) in [7, 11) is 1.47. The van der Waals surface area contributed by atoms with Gasteiger partial charge in [-0.2, -0.15) is 15.2 Å². The van der Waals surface area contributed by atoms with Gasteiger partial charge in [0.15, 0.2) is 5.83 Å². The van der Waals surface area contributed by atoms with Crippen molar-refractivity contribution >= 4 is 57.3 Å². The zero-order valence-electron chi connectivity index (χ0n) is 43.8. The Morgan fingerprint density at radius 2 is 1.74 bits per heavy atom. The molecular formula is C58H67F2N11O6. The van der Waals surface area contributed by atoms with Crippen molar-refractivity contribution in [3.05, 3.63) is 76.0 Å². The lowest BCUT2D eigenvalue weighted by Crippen LogP contribution is -2.62. The standard InChI is InChI=1S/C58H67F2N11O6/c1-4-43-45(59)9-8-36-25-42(72)27-44(49(36)43)52-51(60)53-50(56(65-52)76-3)54(71-30-39-23-37(24-40(31-71)62-39)47(73)22-34(2)28-61)67-57(66-53)77-33-58(14-15-58)32-69-20-18-68(19-21-69)29-35-12-16-70(17-13-35)41-7-5-6-38(26-41)63-46-10-11-48(74)64-55(46)75/h1,5-9,25-27,34-35,37,39-40,46,52,62-63,65,72H,10-24,29-33H2,2-3H3,(H,64,74,75). The highest BCUT2D eigenvalue weighted by molar-refractivity contribution is 6.01. The van der Waals surface area contributed by atoms with E-state index < -0.39 is 23.7 Å². The topological polar surface area (TPSA) is 201 Å². The lowest BCUT2D eigenvalue weighted by Gasteiger charge is -2.45. The summed E-state index contributed by atoms with van der Waals surface area (Å²) in [4.78, 5) is 56.8. The van der Waals surface area contributed by atoms with Crippen molar-refractivity contribution in [3.63, 3.8) is 0 Å². The molecule has 77 heavy (non-hydrogen) atoms. The summed E-state index contributed by atoms with van der Waals surface area (Å²) in [6.45, 7) is 10.7. The van der Waals surface area contributed by atoms with Gasteiger partial charge in [0.05, 0.1) is 31.3 Å². The number of ketones is 1. The van der Waals surface area contributed by atoms with E-state index in [0.717, 1.165) is 89.4 Å². The molecule has 7 heterocycles. The molecule has 0 spiro atoms. The highest BCUT2D eigenvalue weighted by Crippen LogP contribution is 2.47. The van der Waals surface area contributed by atoms with E-state index in [4.69, 9.17) is 25.9 Å². The third-order valence-corrected chi connectivity index (χ3v) is 17.0. The fourth-order valence-electron chi connectivity index (χ4n) is 12.7. The summed E-state index contributed by atoms with van der Waals surface area (Å²) in [5, 5.41) is 33.9. The Balaban J connectivity index is 0.773. The monoisotopic (exact) mass is 1050 g/mol. The first-order valence-electron chi connectivity index (χ1n) is 27.3. The number of fused-ring (bicyclic) bond motifs is 4. The van der Waals surface area contributed by atoms with Crippen LogP contribution in [0.15, 0.2) is 48.5 Å². The Morgan fingerprint density at radius 3 is 2.44 bits per heavy atom. The molecule has 6 fully saturated rings. The number of amides is 2. The maximum Gasteiger partial charge on any atom is 0.319 e. The number of phenolic OH excluding ortho intramolecular Hbond substituents is 1. The average molecular weight is 1050 g/mol. The number of hydrogen-bond acceptors (Lipinski definition) is 16. The first-order chi connectivity index (χ1) is 37.2. The van der Waals surface area contributed by atoms with Crippen molar-refractivity contribution in [2.45, 2.75) is 88.9 Å². The summed E-state index contributed by atoms with van der Waals surface area (Å²) in [5.74, 6) is 1.17. The second-order valence-electron chi connectivity index (χ2n) is 22.5. The van der Waals surface area contributed by atoms with E-state index in [0.29, 0.717) is 67.7 Å². The number of carbonyl (C=O) groups excluding carboxylic acids is 3. The smallest absolute Gasteiger partial charge is 0.319 e. The van der Waals surface area contributed by atoms with E-state index in [1.165, 1.54) is 31.4 Å². The van der Waals surface area contributed by atoms with Crippen LogP contribution in [-0.2, 0) is 19.1 Å². The number of halogens is 2.